The normalized spacial score (nSPS) is 10.9. The number of hydrogen-bond acceptors (Lipinski definition) is 5. The summed E-state index contributed by atoms with van der Waals surface area (Å²) in [5, 5.41) is 9.51. The zero-order valence-electron chi connectivity index (χ0n) is 12.5. The number of rotatable bonds is 6. The summed E-state index contributed by atoms with van der Waals surface area (Å²) >= 11 is 8.84. The van der Waals surface area contributed by atoms with Gasteiger partial charge in [-0.1, -0.05) is 35.5 Å². The summed E-state index contributed by atoms with van der Waals surface area (Å²) in [6.45, 7) is 0. The molecule has 0 fully saturated rings. The molecule has 0 aliphatic rings. The van der Waals surface area contributed by atoms with Gasteiger partial charge in [0.15, 0.2) is 5.82 Å². The maximum atomic E-state index is 13.5. The Labute approximate surface area is 152 Å². The third-order valence-corrected chi connectivity index (χ3v) is 5.68. The second kappa shape index (κ2) is 7.92. The van der Waals surface area contributed by atoms with Crippen LogP contribution in [0.2, 0.25) is 5.02 Å². The average molecular weight is 381 g/mol. The van der Waals surface area contributed by atoms with Crippen LogP contribution in [-0.2, 0) is 0 Å². The van der Waals surface area contributed by atoms with Crippen molar-refractivity contribution in [1.29, 1.82) is 0 Å². The van der Waals surface area contributed by atoms with Crippen LogP contribution in [0.1, 0.15) is 0 Å². The predicted octanol–water partition coefficient (Wildman–Crippen LogP) is 4.34. The maximum Gasteiger partial charge on any atom is 0.210 e. The van der Waals surface area contributed by atoms with Gasteiger partial charge in [-0.2, -0.15) is 0 Å². The molecule has 0 aliphatic carbocycles. The molecule has 0 amide bonds. The number of aromatic nitrogens is 3. The standard InChI is InChI=1S/C16H14ClFN4S2/c17-12-7-5-11(6-8-12)15-20-21-16(22(15)19)24-10-9-23-14-4-2-1-3-13(14)18/h1-8H,9-10,19H2. The summed E-state index contributed by atoms with van der Waals surface area (Å²) in [5.74, 6) is 7.94. The third kappa shape index (κ3) is 4.03. The van der Waals surface area contributed by atoms with Crippen molar-refractivity contribution >= 4 is 35.1 Å². The molecule has 0 aliphatic heterocycles. The quantitative estimate of drug-likeness (QED) is 0.391. The third-order valence-electron chi connectivity index (χ3n) is 3.18. The van der Waals surface area contributed by atoms with Gasteiger partial charge >= 0.3 is 0 Å². The van der Waals surface area contributed by atoms with Gasteiger partial charge in [-0.15, -0.1) is 22.0 Å². The topological polar surface area (TPSA) is 56.7 Å². The van der Waals surface area contributed by atoms with Crippen LogP contribution in [0.15, 0.2) is 58.6 Å². The van der Waals surface area contributed by atoms with Crippen molar-refractivity contribution in [3.05, 3.63) is 59.4 Å². The molecule has 0 atom stereocenters. The molecule has 4 nitrogen and oxygen atoms in total. The number of thioether (sulfide) groups is 2. The van der Waals surface area contributed by atoms with E-state index in [1.165, 1.54) is 34.3 Å². The highest BCUT2D eigenvalue weighted by atomic mass is 35.5. The molecule has 0 radical (unpaired) electrons. The number of nitrogens with two attached hydrogens (primary N) is 1. The number of halogens is 2. The van der Waals surface area contributed by atoms with Gasteiger partial charge in [0, 0.05) is 27.0 Å². The lowest BCUT2D eigenvalue weighted by Gasteiger charge is -2.04. The Hall–Kier alpha value is -1.70. The van der Waals surface area contributed by atoms with E-state index in [0.29, 0.717) is 20.9 Å². The SMILES string of the molecule is Nn1c(SCCSc2ccccc2F)nnc1-c1ccc(Cl)cc1. The lowest BCUT2D eigenvalue weighted by atomic mass is 10.2. The van der Waals surface area contributed by atoms with Crippen LogP contribution in [0.25, 0.3) is 11.4 Å². The molecule has 0 bridgehead atoms. The van der Waals surface area contributed by atoms with Gasteiger partial charge in [-0.3, -0.25) is 0 Å². The van der Waals surface area contributed by atoms with Crippen molar-refractivity contribution in [2.45, 2.75) is 10.1 Å². The summed E-state index contributed by atoms with van der Waals surface area (Å²) in [6, 6.07) is 14.0. The van der Waals surface area contributed by atoms with E-state index < -0.39 is 0 Å². The van der Waals surface area contributed by atoms with Crippen LogP contribution in [0, 0.1) is 5.82 Å². The Bertz CT molecular complexity index is 823. The van der Waals surface area contributed by atoms with Crippen LogP contribution in [0.5, 0.6) is 0 Å². The van der Waals surface area contributed by atoms with E-state index in [2.05, 4.69) is 10.2 Å². The van der Waals surface area contributed by atoms with Crippen molar-refractivity contribution in [2.24, 2.45) is 0 Å². The molecule has 3 aromatic rings. The highest BCUT2D eigenvalue weighted by Gasteiger charge is 2.12. The van der Waals surface area contributed by atoms with E-state index in [9.17, 15) is 4.39 Å². The smallest absolute Gasteiger partial charge is 0.210 e. The molecule has 0 saturated heterocycles. The first-order chi connectivity index (χ1) is 11.6. The first-order valence-corrected chi connectivity index (χ1v) is 9.46. The lowest BCUT2D eigenvalue weighted by molar-refractivity contribution is 0.602. The van der Waals surface area contributed by atoms with Crippen molar-refractivity contribution in [3.63, 3.8) is 0 Å². The molecule has 8 heteroatoms. The van der Waals surface area contributed by atoms with Crippen LogP contribution >= 0.6 is 35.1 Å². The van der Waals surface area contributed by atoms with E-state index in [4.69, 9.17) is 17.4 Å². The highest BCUT2D eigenvalue weighted by Crippen LogP contribution is 2.26. The molecule has 3 rings (SSSR count). The Balaban J connectivity index is 1.58. The van der Waals surface area contributed by atoms with E-state index in [0.717, 1.165) is 17.1 Å². The number of nitrogens with zero attached hydrogens (tertiary/aromatic N) is 3. The van der Waals surface area contributed by atoms with E-state index in [1.807, 2.05) is 18.2 Å². The van der Waals surface area contributed by atoms with Crippen LogP contribution < -0.4 is 5.84 Å². The predicted molar refractivity (Wildman–Crippen MR) is 98.5 cm³/mol. The Morgan fingerprint density at radius 2 is 1.71 bits per heavy atom. The zero-order chi connectivity index (χ0) is 16.9. The van der Waals surface area contributed by atoms with Crippen LogP contribution in [0.3, 0.4) is 0 Å². The second-order valence-corrected chi connectivity index (χ2v) is 7.45. The molecule has 24 heavy (non-hydrogen) atoms. The minimum atomic E-state index is -0.195. The van der Waals surface area contributed by atoms with Gasteiger partial charge in [0.05, 0.1) is 0 Å². The van der Waals surface area contributed by atoms with Crippen molar-refractivity contribution < 1.29 is 4.39 Å². The molecule has 1 aromatic heterocycles. The molecule has 1 heterocycles. The summed E-state index contributed by atoms with van der Waals surface area (Å²) in [7, 11) is 0. The molecule has 124 valence electrons. The molecule has 2 aromatic carbocycles. The summed E-state index contributed by atoms with van der Waals surface area (Å²) in [5.41, 5.74) is 0.849. The Morgan fingerprint density at radius 1 is 1.00 bits per heavy atom. The van der Waals surface area contributed by atoms with Crippen molar-refractivity contribution in [1.82, 2.24) is 14.9 Å². The minimum Gasteiger partial charge on any atom is -0.335 e. The second-order valence-electron chi connectivity index (χ2n) is 4.81. The minimum absolute atomic E-state index is 0.195. The monoisotopic (exact) mass is 380 g/mol. The van der Waals surface area contributed by atoms with Crippen molar-refractivity contribution in [3.8, 4) is 11.4 Å². The molecule has 0 unspecified atom stereocenters. The molecule has 2 N–H and O–H groups in total. The van der Waals surface area contributed by atoms with Crippen LogP contribution in [-0.4, -0.2) is 26.4 Å². The van der Waals surface area contributed by atoms with Crippen LogP contribution in [0.4, 0.5) is 4.39 Å². The Morgan fingerprint density at radius 3 is 2.46 bits per heavy atom. The Kier molecular flexibility index (Phi) is 5.65. The molecular weight excluding hydrogens is 367 g/mol. The number of hydrogen-bond donors (Lipinski definition) is 1. The summed E-state index contributed by atoms with van der Waals surface area (Å²) in [6.07, 6.45) is 0. The van der Waals surface area contributed by atoms with Gasteiger partial charge in [-0.25, -0.2) is 9.07 Å². The summed E-state index contributed by atoms with van der Waals surface area (Å²) < 4.78 is 15.0. The van der Waals surface area contributed by atoms with Gasteiger partial charge in [0.1, 0.15) is 5.82 Å². The molecule has 0 saturated carbocycles. The largest absolute Gasteiger partial charge is 0.335 e. The lowest BCUT2D eigenvalue weighted by Crippen LogP contribution is -2.11. The summed E-state index contributed by atoms with van der Waals surface area (Å²) in [4.78, 5) is 0.647. The van der Waals surface area contributed by atoms with E-state index in [-0.39, 0.29) is 5.82 Å². The van der Waals surface area contributed by atoms with Gasteiger partial charge in [0.2, 0.25) is 5.16 Å². The highest BCUT2D eigenvalue weighted by molar-refractivity contribution is 8.02. The van der Waals surface area contributed by atoms with E-state index in [1.54, 1.807) is 24.3 Å². The van der Waals surface area contributed by atoms with Gasteiger partial charge in [-0.05, 0) is 36.4 Å². The fourth-order valence-corrected chi connectivity index (χ4v) is 3.92. The number of nitrogen functional groups attached to an aromatic ring is 1. The maximum absolute atomic E-state index is 13.5. The fourth-order valence-electron chi connectivity index (χ4n) is 2.02. The molecular formula is C16H14ClFN4S2. The molecule has 0 spiro atoms. The van der Waals surface area contributed by atoms with Gasteiger partial charge in [0.25, 0.3) is 0 Å². The fraction of sp³-hybridized carbons (Fsp3) is 0.125. The average Bonchev–Trinajstić information content (AvgIpc) is 2.95. The first-order valence-electron chi connectivity index (χ1n) is 7.11. The zero-order valence-corrected chi connectivity index (χ0v) is 14.9. The van der Waals surface area contributed by atoms with Crippen molar-refractivity contribution in [2.75, 3.05) is 17.3 Å². The van der Waals surface area contributed by atoms with Gasteiger partial charge < -0.3 is 5.84 Å². The number of benzene rings is 2. The van der Waals surface area contributed by atoms with E-state index >= 15 is 0 Å². The first kappa shape index (κ1) is 17.1.